The Morgan fingerprint density at radius 1 is 1.38 bits per heavy atom. The zero-order valence-corrected chi connectivity index (χ0v) is 14.4. The molecule has 0 radical (unpaired) electrons. The van der Waals surface area contributed by atoms with E-state index in [1.54, 1.807) is 13.0 Å². The molecule has 0 saturated carbocycles. The van der Waals surface area contributed by atoms with Crippen LogP contribution in [-0.4, -0.2) is 33.2 Å². The Hall–Kier alpha value is -2.44. The minimum absolute atomic E-state index is 0.0988. The number of aromatic nitrogens is 2. The summed E-state index contributed by atoms with van der Waals surface area (Å²) in [5, 5.41) is 16.3. The second kappa shape index (κ2) is 7.42. The molecule has 0 aliphatic carbocycles. The van der Waals surface area contributed by atoms with Crippen molar-refractivity contribution in [2.75, 3.05) is 0 Å². The van der Waals surface area contributed by atoms with Gasteiger partial charge in [0, 0.05) is 5.69 Å². The molecular formula is C17H23N3O4. The van der Waals surface area contributed by atoms with E-state index < -0.39 is 17.9 Å². The molecule has 0 aromatic carbocycles. The molecule has 0 fully saturated rings. The summed E-state index contributed by atoms with van der Waals surface area (Å²) < 4.78 is 5.19. The Morgan fingerprint density at radius 3 is 2.67 bits per heavy atom. The number of nitrogens with one attached hydrogen (secondary N) is 1. The van der Waals surface area contributed by atoms with Gasteiger partial charge in [-0.25, -0.2) is 9.78 Å². The minimum Gasteiger partial charge on any atom is -0.480 e. The minimum atomic E-state index is -1.03. The van der Waals surface area contributed by atoms with Crippen LogP contribution in [-0.2, 0) is 4.79 Å². The van der Waals surface area contributed by atoms with Gasteiger partial charge in [0.05, 0.1) is 16.6 Å². The number of carboxylic acids is 1. The SMILES string of the molecule is CCCC[C@H](NC(=O)c1cc(C(C)C)nc2onc(C)c12)C(=O)O. The van der Waals surface area contributed by atoms with Gasteiger partial charge in [-0.2, -0.15) is 0 Å². The van der Waals surface area contributed by atoms with Gasteiger partial charge in [0.25, 0.3) is 11.6 Å². The maximum atomic E-state index is 12.7. The van der Waals surface area contributed by atoms with Gasteiger partial charge in [0.1, 0.15) is 6.04 Å². The van der Waals surface area contributed by atoms with Gasteiger partial charge in [-0.3, -0.25) is 4.79 Å². The Labute approximate surface area is 140 Å². The predicted molar refractivity (Wildman–Crippen MR) is 89.0 cm³/mol. The van der Waals surface area contributed by atoms with E-state index >= 15 is 0 Å². The van der Waals surface area contributed by atoms with Crippen molar-refractivity contribution in [2.24, 2.45) is 0 Å². The zero-order valence-electron chi connectivity index (χ0n) is 14.4. The van der Waals surface area contributed by atoms with E-state index in [-0.39, 0.29) is 5.92 Å². The number of amides is 1. The number of fused-ring (bicyclic) bond motifs is 1. The van der Waals surface area contributed by atoms with E-state index in [2.05, 4.69) is 15.5 Å². The quantitative estimate of drug-likeness (QED) is 0.807. The second-order valence-electron chi connectivity index (χ2n) is 6.20. The molecule has 2 rings (SSSR count). The standard InChI is InChI=1S/C17H23N3O4/c1-5-6-7-12(17(22)23)18-15(21)11-8-13(9(2)3)19-16-14(11)10(4)20-24-16/h8-9,12H,5-7H2,1-4H3,(H,18,21)(H,22,23)/t12-/m0/s1. The fourth-order valence-corrected chi connectivity index (χ4v) is 2.49. The highest BCUT2D eigenvalue weighted by Gasteiger charge is 2.24. The summed E-state index contributed by atoms with van der Waals surface area (Å²) in [6.07, 6.45) is 1.99. The normalized spacial score (nSPS) is 12.5. The van der Waals surface area contributed by atoms with Crippen LogP contribution >= 0.6 is 0 Å². The highest BCUT2D eigenvalue weighted by Crippen LogP contribution is 2.25. The van der Waals surface area contributed by atoms with Gasteiger partial charge in [0.15, 0.2) is 0 Å². The van der Waals surface area contributed by atoms with Crippen molar-refractivity contribution < 1.29 is 19.2 Å². The number of hydrogen-bond donors (Lipinski definition) is 2. The van der Waals surface area contributed by atoms with Crippen LogP contribution in [0.2, 0.25) is 0 Å². The van der Waals surface area contributed by atoms with Gasteiger partial charge in [-0.1, -0.05) is 38.8 Å². The molecule has 24 heavy (non-hydrogen) atoms. The molecule has 0 aliphatic heterocycles. The lowest BCUT2D eigenvalue weighted by Crippen LogP contribution is -2.40. The topological polar surface area (TPSA) is 105 Å². The Bertz CT molecular complexity index is 752. The van der Waals surface area contributed by atoms with Crippen molar-refractivity contribution in [3.63, 3.8) is 0 Å². The Balaban J connectivity index is 2.40. The maximum Gasteiger partial charge on any atom is 0.326 e. The number of carboxylic acid groups (broad SMARTS) is 1. The van der Waals surface area contributed by atoms with Crippen molar-refractivity contribution in [3.8, 4) is 0 Å². The highest BCUT2D eigenvalue weighted by atomic mass is 16.5. The predicted octanol–water partition coefficient (Wildman–Crippen LogP) is 3.03. The molecule has 0 aliphatic rings. The summed E-state index contributed by atoms with van der Waals surface area (Å²) in [6.45, 7) is 7.62. The first-order valence-electron chi connectivity index (χ1n) is 8.15. The van der Waals surface area contributed by atoms with Crippen LogP contribution < -0.4 is 5.32 Å². The molecule has 130 valence electrons. The van der Waals surface area contributed by atoms with Crippen molar-refractivity contribution in [1.29, 1.82) is 0 Å². The first-order valence-corrected chi connectivity index (χ1v) is 8.15. The summed E-state index contributed by atoms with van der Waals surface area (Å²) in [5.41, 5.74) is 1.90. The van der Waals surface area contributed by atoms with Crippen molar-refractivity contribution in [1.82, 2.24) is 15.5 Å². The third kappa shape index (κ3) is 3.72. The number of unbranched alkanes of at least 4 members (excludes halogenated alkanes) is 1. The number of carbonyl (C=O) groups is 2. The molecule has 2 aromatic rings. The van der Waals surface area contributed by atoms with Gasteiger partial charge in [-0.15, -0.1) is 0 Å². The lowest BCUT2D eigenvalue weighted by atomic mass is 10.0. The van der Waals surface area contributed by atoms with Crippen LogP contribution in [0.15, 0.2) is 10.6 Å². The average molecular weight is 333 g/mol. The number of aryl methyl sites for hydroxylation is 1. The maximum absolute atomic E-state index is 12.7. The Morgan fingerprint density at radius 2 is 2.08 bits per heavy atom. The van der Waals surface area contributed by atoms with E-state index in [1.165, 1.54) is 0 Å². The zero-order chi connectivity index (χ0) is 17.9. The van der Waals surface area contributed by atoms with E-state index in [0.717, 1.165) is 12.8 Å². The first-order chi connectivity index (χ1) is 11.3. The number of rotatable bonds is 7. The lowest BCUT2D eigenvalue weighted by Gasteiger charge is -2.15. The third-order valence-corrected chi connectivity index (χ3v) is 3.92. The molecule has 2 heterocycles. The number of pyridine rings is 1. The fourth-order valence-electron chi connectivity index (χ4n) is 2.49. The molecule has 0 saturated heterocycles. The van der Waals surface area contributed by atoms with Gasteiger partial charge >= 0.3 is 5.97 Å². The lowest BCUT2D eigenvalue weighted by molar-refractivity contribution is -0.139. The van der Waals surface area contributed by atoms with Crippen LogP contribution in [0, 0.1) is 6.92 Å². The monoisotopic (exact) mass is 333 g/mol. The molecule has 0 spiro atoms. The molecule has 1 atom stereocenters. The first kappa shape index (κ1) is 17.9. The summed E-state index contributed by atoms with van der Waals surface area (Å²) >= 11 is 0. The van der Waals surface area contributed by atoms with E-state index in [9.17, 15) is 14.7 Å². The number of nitrogens with zero attached hydrogens (tertiary/aromatic N) is 2. The summed E-state index contributed by atoms with van der Waals surface area (Å²) in [5.74, 6) is -1.38. The molecule has 7 heteroatoms. The van der Waals surface area contributed by atoms with Crippen LogP contribution in [0.5, 0.6) is 0 Å². The summed E-state index contributed by atoms with van der Waals surface area (Å²) in [6, 6.07) is 0.772. The van der Waals surface area contributed by atoms with Crippen molar-refractivity contribution in [2.45, 2.75) is 58.9 Å². The largest absolute Gasteiger partial charge is 0.480 e. The third-order valence-electron chi connectivity index (χ3n) is 3.92. The van der Waals surface area contributed by atoms with E-state index in [1.807, 2.05) is 20.8 Å². The number of carbonyl (C=O) groups excluding carboxylic acids is 1. The van der Waals surface area contributed by atoms with Gasteiger partial charge < -0.3 is 14.9 Å². The number of aliphatic carboxylic acids is 1. The number of hydrogen-bond acceptors (Lipinski definition) is 5. The van der Waals surface area contributed by atoms with Gasteiger partial charge in [0.2, 0.25) is 0 Å². The molecule has 2 N–H and O–H groups in total. The molecular weight excluding hydrogens is 310 g/mol. The summed E-state index contributed by atoms with van der Waals surface area (Å²) in [4.78, 5) is 28.4. The van der Waals surface area contributed by atoms with Crippen LogP contribution in [0.4, 0.5) is 0 Å². The molecule has 1 amide bonds. The second-order valence-corrected chi connectivity index (χ2v) is 6.20. The van der Waals surface area contributed by atoms with Crippen molar-refractivity contribution in [3.05, 3.63) is 23.0 Å². The molecule has 0 bridgehead atoms. The molecule has 7 nitrogen and oxygen atoms in total. The Kier molecular flexibility index (Phi) is 5.54. The van der Waals surface area contributed by atoms with E-state index in [4.69, 9.17) is 4.52 Å². The average Bonchev–Trinajstić information content (AvgIpc) is 2.91. The fraction of sp³-hybridized carbons (Fsp3) is 0.529. The summed E-state index contributed by atoms with van der Waals surface area (Å²) in [7, 11) is 0. The van der Waals surface area contributed by atoms with Crippen LogP contribution in [0.25, 0.3) is 11.1 Å². The van der Waals surface area contributed by atoms with Gasteiger partial charge in [-0.05, 0) is 25.3 Å². The smallest absolute Gasteiger partial charge is 0.326 e. The van der Waals surface area contributed by atoms with Crippen LogP contribution in [0.1, 0.15) is 67.7 Å². The highest BCUT2D eigenvalue weighted by molar-refractivity contribution is 6.07. The van der Waals surface area contributed by atoms with Crippen molar-refractivity contribution >= 4 is 23.0 Å². The molecule has 2 aromatic heterocycles. The molecule has 0 unspecified atom stereocenters. The van der Waals surface area contributed by atoms with E-state index in [0.29, 0.717) is 34.5 Å². The van der Waals surface area contributed by atoms with Crippen LogP contribution in [0.3, 0.4) is 0 Å².